The maximum Gasteiger partial charge on any atom is 0.302 e. The molecule has 80 valence electrons. The van der Waals surface area contributed by atoms with E-state index in [1.807, 2.05) is 0 Å². The summed E-state index contributed by atoms with van der Waals surface area (Å²) in [6.07, 6.45) is 0.472. The SMILES string of the molecule is CC(=O)OCCCN=C(N)N[N+](=O)[O-]. The maximum atomic E-state index is 10.3. The molecular weight excluding hydrogens is 192 g/mol. The fraction of sp³-hybridized carbons (Fsp3) is 0.667. The zero-order chi connectivity index (χ0) is 11.0. The quantitative estimate of drug-likeness (QED) is 0.148. The van der Waals surface area contributed by atoms with Crippen molar-refractivity contribution in [3.05, 3.63) is 10.1 Å². The van der Waals surface area contributed by atoms with E-state index in [1.54, 1.807) is 5.43 Å². The topological polar surface area (TPSA) is 120 Å². The summed E-state index contributed by atoms with van der Waals surface area (Å²) in [6.45, 7) is 1.79. The first-order valence-corrected chi connectivity index (χ1v) is 3.86. The van der Waals surface area contributed by atoms with Gasteiger partial charge in [0.15, 0.2) is 5.03 Å². The summed E-state index contributed by atoms with van der Waals surface area (Å²) in [6, 6.07) is 0. The summed E-state index contributed by atoms with van der Waals surface area (Å²) in [4.78, 5) is 23.8. The van der Waals surface area contributed by atoms with Gasteiger partial charge in [-0.05, 0) is 0 Å². The Morgan fingerprint density at radius 2 is 2.36 bits per heavy atom. The molecule has 0 heterocycles. The number of nitro groups is 1. The van der Waals surface area contributed by atoms with Crippen LogP contribution in [-0.4, -0.2) is 30.1 Å². The second-order valence-electron chi connectivity index (χ2n) is 2.33. The average molecular weight is 204 g/mol. The Morgan fingerprint density at radius 3 is 2.86 bits per heavy atom. The third kappa shape index (κ3) is 8.24. The zero-order valence-corrected chi connectivity index (χ0v) is 7.73. The lowest BCUT2D eigenvalue weighted by atomic mass is 10.4. The number of guanidine groups is 1. The average Bonchev–Trinajstić information content (AvgIpc) is 2.01. The minimum Gasteiger partial charge on any atom is -0.466 e. The highest BCUT2D eigenvalue weighted by molar-refractivity contribution is 5.76. The number of carbonyl (C=O) groups excluding carboxylic acids is 1. The molecule has 0 aliphatic rings. The summed E-state index contributed by atoms with van der Waals surface area (Å²) in [5.41, 5.74) is 6.79. The number of nitrogens with zero attached hydrogens (tertiary/aromatic N) is 2. The van der Waals surface area contributed by atoms with E-state index in [-0.39, 0.29) is 25.1 Å². The Labute approximate surface area is 80.2 Å². The molecule has 0 aromatic heterocycles. The molecule has 0 atom stereocenters. The Hall–Kier alpha value is -1.86. The second-order valence-corrected chi connectivity index (χ2v) is 2.33. The third-order valence-electron chi connectivity index (χ3n) is 1.10. The van der Waals surface area contributed by atoms with E-state index in [1.165, 1.54) is 6.92 Å². The van der Waals surface area contributed by atoms with Gasteiger partial charge in [0, 0.05) is 19.9 Å². The maximum absolute atomic E-state index is 10.3. The van der Waals surface area contributed by atoms with Gasteiger partial charge in [-0.1, -0.05) is 5.43 Å². The lowest BCUT2D eigenvalue weighted by molar-refractivity contribution is -0.525. The van der Waals surface area contributed by atoms with Crippen molar-refractivity contribution in [2.24, 2.45) is 10.7 Å². The van der Waals surface area contributed by atoms with Crippen molar-refractivity contribution in [3.8, 4) is 0 Å². The standard InChI is InChI=1S/C6H12N4O4/c1-5(11)14-4-2-3-8-6(7)9-10(12)13/h2-4H2,1H3,(H3,7,8,9). The van der Waals surface area contributed by atoms with Crippen LogP contribution in [0.15, 0.2) is 4.99 Å². The number of rotatable bonds is 5. The van der Waals surface area contributed by atoms with Crippen molar-refractivity contribution < 1.29 is 14.6 Å². The molecule has 0 rings (SSSR count). The fourth-order valence-corrected chi connectivity index (χ4v) is 0.609. The number of carbonyl (C=O) groups is 1. The summed E-state index contributed by atoms with van der Waals surface area (Å²) < 4.78 is 4.60. The number of aliphatic imine (C=N–C) groups is 1. The molecule has 0 amide bonds. The van der Waals surface area contributed by atoms with Gasteiger partial charge in [0.25, 0.3) is 5.96 Å². The summed E-state index contributed by atoms with van der Waals surface area (Å²) in [5, 5.41) is 9.05. The number of hydrogen-bond acceptors (Lipinski definition) is 5. The van der Waals surface area contributed by atoms with Gasteiger partial charge in [-0.15, -0.1) is 0 Å². The molecule has 0 unspecified atom stereocenters. The highest BCUT2D eigenvalue weighted by Gasteiger charge is 1.97. The lowest BCUT2D eigenvalue weighted by Crippen LogP contribution is -2.36. The van der Waals surface area contributed by atoms with Gasteiger partial charge in [-0.2, -0.15) is 0 Å². The van der Waals surface area contributed by atoms with Crippen LogP contribution in [0.3, 0.4) is 0 Å². The predicted octanol–water partition coefficient (Wildman–Crippen LogP) is -0.964. The number of hydrogen-bond donors (Lipinski definition) is 2. The van der Waals surface area contributed by atoms with Crippen molar-refractivity contribution in [1.82, 2.24) is 5.43 Å². The largest absolute Gasteiger partial charge is 0.466 e. The van der Waals surface area contributed by atoms with E-state index in [0.717, 1.165) is 0 Å². The van der Waals surface area contributed by atoms with Gasteiger partial charge in [0.2, 0.25) is 0 Å². The van der Waals surface area contributed by atoms with E-state index in [2.05, 4.69) is 9.73 Å². The highest BCUT2D eigenvalue weighted by Crippen LogP contribution is 1.84. The van der Waals surface area contributed by atoms with Gasteiger partial charge in [0.05, 0.1) is 6.61 Å². The summed E-state index contributed by atoms with van der Waals surface area (Å²) >= 11 is 0. The molecule has 8 heteroatoms. The van der Waals surface area contributed by atoms with Gasteiger partial charge < -0.3 is 10.5 Å². The van der Waals surface area contributed by atoms with Gasteiger partial charge >= 0.3 is 5.97 Å². The molecule has 0 saturated carbocycles. The molecular formula is C6H12N4O4. The Kier molecular flexibility index (Phi) is 5.75. The molecule has 0 saturated heterocycles. The van der Waals surface area contributed by atoms with E-state index in [4.69, 9.17) is 5.73 Å². The van der Waals surface area contributed by atoms with Crippen LogP contribution in [0.25, 0.3) is 0 Å². The highest BCUT2D eigenvalue weighted by atomic mass is 16.7. The smallest absolute Gasteiger partial charge is 0.302 e. The van der Waals surface area contributed by atoms with E-state index in [9.17, 15) is 14.9 Å². The first-order valence-electron chi connectivity index (χ1n) is 3.86. The normalized spacial score (nSPS) is 10.8. The minimum absolute atomic E-state index is 0.227. The molecule has 0 aromatic rings. The summed E-state index contributed by atoms with van der Waals surface area (Å²) in [5.74, 6) is -0.636. The van der Waals surface area contributed by atoms with E-state index >= 15 is 0 Å². The van der Waals surface area contributed by atoms with Crippen LogP contribution >= 0.6 is 0 Å². The predicted molar refractivity (Wildman–Crippen MR) is 47.9 cm³/mol. The number of esters is 1. The van der Waals surface area contributed by atoms with Crippen molar-refractivity contribution in [2.75, 3.05) is 13.2 Å². The first-order chi connectivity index (χ1) is 6.52. The van der Waals surface area contributed by atoms with Crippen LogP contribution in [0.5, 0.6) is 0 Å². The third-order valence-corrected chi connectivity index (χ3v) is 1.10. The van der Waals surface area contributed by atoms with Gasteiger partial charge in [-0.25, -0.2) is 15.1 Å². The molecule has 0 aromatic carbocycles. The molecule has 0 radical (unpaired) electrons. The lowest BCUT2D eigenvalue weighted by Gasteiger charge is -1.99. The molecule has 8 nitrogen and oxygen atoms in total. The molecule has 0 spiro atoms. The minimum atomic E-state index is -0.801. The molecule has 0 bridgehead atoms. The van der Waals surface area contributed by atoms with Gasteiger partial charge in [0.1, 0.15) is 0 Å². The molecule has 0 aliphatic heterocycles. The van der Waals surface area contributed by atoms with Gasteiger partial charge in [-0.3, -0.25) is 4.79 Å². The number of ether oxygens (including phenoxy) is 1. The summed E-state index contributed by atoms with van der Waals surface area (Å²) in [7, 11) is 0. The number of hydrazine groups is 1. The van der Waals surface area contributed by atoms with Crippen LogP contribution in [0.4, 0.5) is 0 Å². The molecule has 3 N–H and O–H groups in total. The van der Waals surface area contributed by atoms with Crippen molar-refractivity contribution in [3.63, 3.8) is 0 Å². The van der Waals surface area contributed by atoms with E-state index < -0.39 is 5.03 Å². The molecule has 14 heavy (non-hydrogen) atoms. The van der Waals surface area contributed by atoms with Crippen LogP contribution < -0.4 is 11.2 Å². The van der Waals surface area contributed by atoms with Crippen molar-refractivity contribution in [1.29, 1.82) is 0 Å². The van der Waals surface area contributed by atoms with Crippen LogP contribution in [0.1, 0.15) is 13.3 Å². The monoisotopic (exact) mass is 204 g/mol. The van der Waals surface area contributed by atoms with Crippen LogP contribution in [0, 0.1) is 10.1 Å². The molecule has 0 fully saturated rings. The van der Waals surface area contributed by atoms with Crippen molar-refractivity contribution >= 4 is 11.9 Å². The van der Waals surface area contributed by atoms with Crippen LogP contribution in [-0.2, 0) is 9.53 Å². The number of nitrogens with two attached hydrogens (primary N) is 1. The Bertz CT molecular complexity index is 240. The first kappa shape index (κ1) is 12.1. The Balaban J connectivity index is 3.50. The Morgan fingerprint density at radius 1 is 1.71 bits per heavy atom. The zero-order valence-electron chi connectivity index (χ0n) is 7.73. The fourth-order valence-electron chi connectivity index (χ4n) is 0.609. The van der Waals surface area contributed by atoms with E-state index in [0.29, 0.717) is 6.42 Å². The second kappa shape index (κ2) is 6.63. The molecule has 0 aliphatic carbocycles. The number of nitrogens with one attached hydrogen (secondary N) is 1. The van der Waals surface area contributed by atoms with Crippen molar-refractivity contribution in [2.45, 2.75) is 13.3 Å². The van der Waals surface area contributed by atoms with Crippen LogP contribution in [0.2, 0.25) is 0 Å².